The van der Waals surface area contributed by atoms with Crippen molar-refractivity contribution in [1.82, 2.24) is 0 Å². The molecule has 0 saturated carbocycles. The molecule has 122 valence electrons. The monoisotopic (exact) mass is 342 g/mol. The number of rotatable bonds is 4. The summed E-state index contributed by atoms with van der Waals surface area (Å²) < 4.78 is 52.3. The van der Waals surface area contributed by atoms with E-state index in [2.05, 4.69) is 0 Å². The third-order valence-corrected chi connectivity index (χ3v) is 5.05. The number of halogens is 2. The molecule has 0 amide bonds. The average Bonchev–Trinajstić information content (AvgIpc) is 2.46. The van der Waals surface area contributed by atoms with Crippen molar-refractivity contribution in [2.45, 2.75) is 11.8 Å². The SMILES string of the molecule is Cc1ccc(S(=O)(=O)N(C)c2ccc(F)cc2F)cc1[N+](=O)[O-]. The van der Waals surface area contributed by atoms with Crippen LogP contribution < -0.4 is 4.31 Å². The molecule has 2 aromatic rings. The second-order valence-corrected chi connectivity index (χ2v) is 6.74. The Bertz CT molecular complexity index is 884. The van der Waals surface area contributed by atoms with Crippen molar-refractivity contribution in [3.63, 3.8) is 0 Å². The van der Waals surface area contributed by atoms with Gasteiger partial charge in [-0.3, -0.25) is 14.4 Å². The first kappa shape index (κ1) is 16.8. The summed E-state index contributed by atoms with van der Waals surface area (Å²) in [6.45, 7) is 1.47. The first-order valence-electron chi connectivity index (χ1n) is 6.33. The highest BCUT2D eigenvalue weighted by molar-refractivity contribution is 7.92. The maximum Gasteiger partial charge on any atom is 0.273 e. The van der Waals surface area contributed by atoms with Crippen LogP contribution in [0.3, 0.4) is 0 Å². The molecule has 0 spiro atoms. The molecule has 0 aliphatic rings. The van der Waals surface area contributed by atoms with Gasteiger partial charge in [0.05, 0.1) is 15.5 Å². The normalized spacial score (nSPS) is 11.3. The molecule has 0 fully saturated rings. The third kappa shape index (κ3) is 3.14. The number of hydrogen-bond acceptors (Lipinski definition) is 4. The molecule has 0 heterocycles. The predicted octanol–water partition coefficient (Wildman–Crippen LogP) is 3.01. The maximum absolute atomic E-state index is 13.8. The molecule has 0 aromatic heterocycles. The number of sulfonamides is 1. The van der Waals surface area contributed by atoms with Gasteiger partial charge in [-0.15, -0.1) is 0 Å². The van der Waals surface area contributed by atoms with Crippen LogP contribution in [0.4, 0.5) is 20.2 Å². The van der Waals surface area contributed by atoms with Gasteiger partial charge in [0.2, 0.25) is 0 Å². The summed E-state index contributed by atoms with van der Waals surface area (Å²) >= 11 is 0. The molecule has 0 bridgehead atoms. The Balaban J connectivity index is 2.53. The zero-order valence-electron chi connectivity index (χ0n) is 12.2. The Morgan fingerprint density at radius 1 is 1.13 bits per heavy atom. The minimum Gasteiger partial charge on any atom is -0.266 e. The van der Waals surface area contributed by atoms with E-state index in [4.69, 9.17) is 0 Å². The van der Waals surface area contributed by atoms with E-state index in [1.165, 1.54) is 19.1 Å². The van der Waals surface area contributed by atoms with Crippen molar-refractivity contribution in [2.75, 3.05) is 11.4 Å². The van der Waals surface area contributed by atoms with Crippen molar-refractivity contribution in [3.05, 3.63) is 63.7 Å². The van der Waals surface area contributed by atoms with Gasteiger partial charge in [-0.1, -0.05) is 6.07 Å². The summed E-state index contributed by atoms with van der Waals surface area (Å²) in [6, 6.07) is 5.84. The van der Waals surface area contributed by atoms with Gasteiger partial charge >= 0.3 is 0 Å². The highest BCUT2D eigenvalue weighted by atomic mass is 32.2. The summed E-state index contributed by atoms with van der Waals surface area (Å²) in [5, 5.41) is 10.9. The van der Waals surface area contributed by atoms with Gasteiger partial charge < -0.3 is 0 Å². The molecular formula is C14H12F2N2O4S. The first-order valence-corrected chi connectivity index (χ1v) is 7.77. The number of nitro groups is 1. The van der Waals surface area contributed by atoms with E-state index in [1.807, 2.05) is 0 Å². The molecule has 0 radical (unpaired) electrons. The van der Waals surface area contributed by atoms with Crippen LogP contribution in [0, 0.1) is 28.7 Å². The van der Waals surface area contributed by atoms with Gasteiger partial charge in [-0.2, -0.15) is 0 Å². The summed E-state index contributed by atoms with van der Waals surface area (Å²) in [4.78, 5) is 9.87. The van der Waals surface area contributed by atoms with E-state index in [0.717, 1.165) is 25.2 Å². The van der Waals surface area contributed by atoms with Crippen molar-refractivity contribution >= 4 is 21.4 Å². The molecule has 6 nitrogen and oxygen atoms in total. The summed E-state index contributed by atoms with van der Waals surface area (Å²) in [7, 11) is -3.15. The molecular weight excluding hydrogens is 330 g/mol. The zero-order valence-corrected chi connectivity index (χ0v) is 13.0. The topological polar surface area (TPSA) is 80.5 Å². The Labute approximate surface area is 131 Å². The van der Waals surface area contributed by atoms with Crippen LogP contribution in [0.5, 0.6) is 0 Å². The molecule has 9 heteroatoms. The van der Waals surface area contributed by atoms with Crippen molar-refractivity contribution in [1.29, 1.82) is 0 Å². The van der Waals surface area contributed by atoms with Crippen LogP contribution in [0.2, 0.25) is 0 Å². The molecule has 0 N–H and O–H groups in total. The van der Waals surface area contributed by atoms with Crippen LogP contribution in [0.25, 0.3) is 0 Å². The van der Waals surface area contributed by atoms with Gasteiger partial charge in [0, 0.05) is 24.7 Å². The highest BCUT2D eigenvalue weighted by Gasteiger charge is 2.26. The second kappa shape index (κ2) is 5.92. The highest BCUT2D eigenvalue weighted by Crippen LogP contribution is 2.28. The Hall–Kier alpha value is -2.55. The van der Waals surface area contributed by atoms with Gasteiger partial charge in [0.1, 0.15) is 11.6 Å². The fourth-order valence-electron chi connectivity index (χ4n) is 1.97. The van der Waals surface area contributed by atoms with E-state index < -0.39 is 26.6 Å². The predicted molar refractivity (Wildman–Crippen MR) is 79.8 cm³/mol. The Morgan fingerprint density at radius 2 is 1.78 bits per heavy atom. The van der Waals surface area contributed by atoms with E-state index >= 15 is 0 Å². The lowest BCUT2D eigenvalue weighted by molar-refractivity contribution is -0.385. The first-order chi connectivity index (χ1) is 10.6. The largest absolute Gasteiger partial charge is 0.273 e. The molecule has 23 heavy (non-hydrogen) atoms. The third-order valence-electron chi connectivity index (χ3n) is 3.28. The lowest BCUT2D eigenvalue weighted by atomic mass is 10.2. The second-order valence-electron chi connectivity index (χ2n) is 4.77. The molecule has 2 rings (SSSR count). The van der Waals surface area contributed by atoms with Gasteiger partial charge in [-0.05, 0) is 25.1 Å². The molecule has 0 unspecified atom stereocenters. The number of hydrogen-bond donors (Lipinski definition) is 0. The van der Waals surface area contributed by atoms with Crippen molar-refractivity contribution in [3.8, 4) is 0 Å². The van der Waals surface area contributed by atoms with Crippen LogP contribution in [-0.2, 0) is 10.0 Å². The van der Waals surface area contributed by atoms with Crippen LogP contribution in [0.15, 0.2) is 41.3 Å². The van der Waals surface area contributed by atoms with Crippen LogP contribution in [-0.4, -0.2) is 20.4 Å². The number of aryl methyl sites for hydroxylation is 1. The number of anilines is 1. The fourth-order valence-corrected chi connectivity index (χ4v) is 3.19. The lowest BCUT2D eigenvalue weighted by Crippen LogP contribution is -2.27. The summed E-state index contributed by atoms with van der Waals surface area (Å²) in [5.74, 6) is -1.90. The Morgan fingerprint density at radius 3 is 2.35 bits per heavy atom. The molecule has 0 saturated heterocycles. The maximum atomic E-state index is 13.8. The van der Waals surface area contributed by atoms with Gasteiger partial charge in [0.25, 0.3) is 15.7 Å². The minimum atomic E-state index is -4.23. The fraction of sp³-hybridized carbons (Fsp3) is 0.143. The molecule has 0 aliphatic heterocycles. The number of benzene rings is 2. The average molecular weight is 342 g/mol. The van der Waals surface area contributed by atoms with E-state index in [0.29, 0.717) is 15.9 Å². The van der Waals surface area contributed by atoms with E-state index in [9.17, 15) is 27.3 Å². The van der Waals surface area contributed by atoms with Crippen LogP contribution >= 0.6 is 0 Å². The zero-order chi connectivity index (χ0) is 17.4. The molecule has 0 aliphatic carbocycles. The Kier molecular flexibility index (Phi) is 4.33. The summed E-state index contributed by atoms with van der Waals surface area (Å²) in [5.41, 5.74) is -0.432. The van der Waals surface area contributed by atoms with Gasteiger partial charge in [-0.25, -0.2) is 17.2 Å². The molecule has 0 atom stereocenters. The van der Waals surface area contributed by atoms with E-state index in [1.54, 1.807) is 0 Å². The van der Waals surface area contributed by atoms with Crippen LogP contribution in [0.1, 0.15) is 5.56 Å². The number of nitrogens with zero attached hydrogens (tertiary/aromatic N) is 2. The standard InChI is InChI=1S/C14H12F2N2O4S/c1-9-3-5-11(8-14(9)18(19)20)23(21,22)17(2)13-6-4-10(15)7-12(13)16/h3-8H,1-2H3. The number of nitro benzene ring substituents is 1. The summed E-state index contributed by atoms with van der Waals surface area (Å²) in [6.07, 6.45) is 0. The minimum absolute atomic E-state index is 0.296. The quantitative estimate of drug-likeness (QED) is 0.632. The smallest absolute Gasteiger partial charge is 0.266 e. The lowest BCUT2D eigenvalue weighted by Gasteiger charge is -2.20. The van der Waals surface area contributed by atoms with Gasteiger partial charge in [0.15, 0.2) is 0 Å². The molecule has 2 aromatic carbocycles. The van der Waals surface area contributed by atoms with Crippen molar-refractivity contribution in [2.24, 2.45) is 0 Å². The van der Waals surface area contributed by atoms with E-state index in [-0.39, 0.29) is 16.3 Å². The van der Waals surface area contributed by atoms with Crippen molar-refractivity contribution < 1.29 is 22.1 Å².